The Morgan fingerprint density at radius 1 is 0.963 bits per heavy atom. The normalized spacial score (nSPS) is 17.7. The molecule has 7 nitrogen and oxygen atoms in total. The van der Waals surface area contributed by atoms with Crippen LogP contribution in [-0.4, -0.2) is 20.1 Å². The summed E-state index contributed by atoms with van der Waals surface area (Å²) in [6.07, 6.45) is 5.06. The van der Waals surface area contributed by atoms with Gasteiger partial charge in [-0.3, -0.25) is 4.79 Å². The third kappa shape index (κ3) is 3.63. The Hall–Kier alpha value is -2.58. The highest BCUT2D eigenvalue weighted by Crippen LogP contribution is 2.46. The fourth-order valence-electron chi connectivity index (χ4n) is 3.47. The number of fused-ring (bicyclic) bond motifs is 1. The molecule has 8 heteroatoms. The van der Waals surface area contributed by atoms with Crippen LogP contribution in [0.4, 0.5) is 5.69 Å². The number of anilines is 1. The summed E-state index contributed by atoms with van der Waals surface area (Å²) in [6.45, 7) is 0. The van der Waals surface area contributed by atoms with Crippen LogP contribution in [0.3, 0.4) is 0 Å². The van der Waals surface area contributed by atoms with E-state index < -0.39 is 15.8 Å². The van der Waals surface area contributed by atoms with E-state index in [1.807, 2.05) is 0 Å². The first-order valence-electron chi connectivity index (χ1n) is 8.81. The third-order valence-corrected chi connectivity index (χ3v) is 5.78. The fraction of sp³-hybridized carbons (Fsp3) is 0.316. The molecule has 2 aliphatic rings. The quantitative estimate of drug-likeness (QED) is 0.840. The van der Waals surface area contributed by atoms with Crippen LogP contribution in [0.15, 0.2) is 47.4 Å². The van der Waals surface area contributed by atoms with Gasteiger partial charge in [0.2, 0.25) is 10.0 Å². The van der Waals surface area contributed by atoms with Crippen LogP contribution in [0.2, 0.25) is 0 Å². The van der Waals surface area contributed by atoms with E-state index in [0.29, 0.717) is 22.7 Å². The van der Waals surface area contributed by atoms with Crippen molar-refractivity contribution in [2.75, 3.05) is 5.32 Å². The molecule has 0 bridgehead atoms. The highest BCUT2D eigenvalue weighted by atomic mass is 32.2. The minimum atomic E-state index is -3.79. The molecule has 1 aliphatic heterocycles. The third-order valence-electron chi connectivity index (χ3n) is 4.85. The molecule has 1 spiro atoms. The van der Waals surface area contributed by atoms with Crippen molar-refractivity contribution in [2.45, 2.75) is 42.8 Å². The first-order valence-corrected chi connectivity index (χ1v) is 10.4. The van der Waals surface area contributed by atoms with Crippen LogP contribution < -0.4 is 19.9 Å². The minimum absolute atomic E-state index is 0.0418. The van der Waals surface area contributed by atoms with Crippen molar-refractivity contribution in [1.82, 2.24) is 0 Å². The Bertz CT molecular complexity index is 980. The Morgan fingerprint density at radius 3 is 2.30 bits per heavy atom. The molecule has 3 N–H and O–H groups in total. The van der Waals surface area contributed by atoms with Crippen molar-refractivity contribution in [3.05, 3.63) is 48.0 Å². The van der Waals surface area contributed by atoms with E-state index in [9.17, 15) is 13.2 Å². The maximum absolute atomic E-state index is 12.4. The van der Waals surface area contributed by atoms with Gasteiger partial charge in [0.1, 0.15) is 0 Å². The minimum Gasteiger partial charge on any atom is -0.448 e. The maximum Gasteiger partial charge on any atom is 0.255 e. The fourth-order valence-corrected chi connectivity index (χ4v) is 3.98. The molecule has 0 unspecified atom stereocenters. The van der Waals surface area contributed by atoms with Gasteiger partial charge in [-0.05, 0) is 49.2 Å². The molecule has 1 fully saturated rings. The van der Waals surface area contributed by atoms with E-state index in [2.05, 4.69) is 5.32 Å². The lowest BCUT2D eigenvalue weighted by atomic mass is 9.94. The van der Waals surface area contributed by atoms with Crippen molar-refractivity contribution >= 4 is 21.6 Å². The summed E-state index contributed by atoms with van der Waals surface area (Å²) in [4.78, 5) is 12.4. The monoisotopic (exact) mass is 388 g/mol. The van der Waals surface area contributed by atoms with E-state index >= 15 is 0 Å². The van der Waals surface area contributed by atoms with Crippen LogP contribution in [-0.2, 0) is 10.0 Å². The number of amides is 1. The van der Waals surface area contributed by atoms with Crippen molar-refractivity contribution in [1.29, 1.82) is 0 Å². The predicted molar refractivity (Wildman–Crippen MR) is 99.3 cm³/mol. The van der Waals surface area contributed by atoms with E-state index in [4.69, 9.17) is 14.6 Å². The zero-order valence-electron chi connectivity index (χ0n) is 14.6. The van der Waals surface area contributed by atoms with Gasteiger partial charge in [0.25, 0.3) is 11.7 Å². The van der Waals surface area contributed by atoms with Crippen LogP contribution in [0.1, 0.15) is 42.5 Å². The zero-order valence-corrected chi connectivity index (χ0v) is 15.4. The molecule has 1 saturated carbocycles. The van der Waals surface area contributed by atoms with Gasteiger partial charge in [0, 0.05) is 30.2 Å². The Kier molecular flexibility index (Phi) is 4.32. The summed E-state index contributed by atoms with van der Waals surface area (Å²) in [5, 5.41) is 7.85. The van der Waals surface area contributed by atoms with Crippen molar-refractivity contribution in [2.24, 2.45) is 5.14 Å². The van der Waals surface area contributed by atoms with Gasteiger partial charge >= 0.3 is 0 Å². The number of rotatable bonds is 3. The second kappa shape index (κ2) is 6.54. The van der Waals surface area contributed by atoms with E-state index in [-0.39, 0.29) is 10.8 Å². The first-order chi connectivity index (χ1) is 12.8. The molecule has 2 aromatic rings. The van der Waals surface area contributed by atoms with Gasteiger partial charge in [0.05, 0.1) is 4.90 Å². The number of carbonyl (C=O) groups is 1. The molecular weight excluding hydrogens is 368 g/mol. The number of hydrogen-bond donors (Lipinski definition) is 2. The average molecular weight is 388 g/mol. The summed E-state index contributed by atoms with van der Waals surface area (Å²) in [6, 6.07) is 10.7. The van der Waals surface area contributed by atoms with Crippen LogP contribution in [0.5, 0.6) is 11.5 Å². The number of carbonyl (C=O) groups excluding carboxylic acids is 1. The SMILES string of the molecule is NS(=O)(=O)c1ccc(C(=O)Nc2ccc3c(c2)OC2(CCCCC2)O3)cc1. The summed E-state index contributed by atoms with van der Waals surface area (Å²) < 4.78 is 34.7. The topological polar surface area (TPSA) is 108 Å². The lowest BCUT2D eigenvalue weighted by Crippen LogP contribution is -2.40. The maximum atomic E-state index is 12.4. The predicted octanol–water partition coefficient (Wildman–Crippen LogP) is 3.02. The lowest BCUT2D eigenvalue weighted by Gasteiger charge is -2.31. The molecule has 0 aromatic heterocycles. The molecule has 142 valence electrons. The lowest BCUT2D eigenvalue weighted by molar-refractivity contribution is -0.105. The second-order valence-corrected chi connectivity index (χ2v) is 8.42. The van der Waals surface area contributed by atoms with Gasteiger partial charge in [-0.15, -0.1) is 0 Å². The largest absolute Gasteiger partial charge is 0.448 e. The van der Waals surface area contributed by atoms with Gasteiger partial charge in [-0.25, -0.2) is 13.6 Å². The molecule has 0 radical (unpaired) electrons. The first kappa shape index (κ1) is 17.8. The van der Waals surface area contributed by atoms with Crippen molar-refractivity contribution < 1.29 is 22.7 Å². The Labute approximate surface area is 157 Å². The second-order valence-electron chi connectivity index (χ2n) is 6.86. The summed E-state index contributed by atoms with van der Waals surface area (Å²) in [5.41, 5.74) is 0.898. The molecule has 0 atom stereocenters. The summed E-state index contributed by atoms with van der Waals surface area (Å²) >= 11 is 0. The van der Waals surface area contributed by atoms with Crippen LogP contribution >= 0.6 is 0 Å². The van der Waals surface area contributed by atoms with Crippen LogP contribution in [0.25, 0.3) is 0 Å². The number of benzene rings is 2. The smallest absolute Gasteiger partial charge is 0.255 e. The van der Waals surface area contributed by atoms with Crippen LogP contribution in [0, 0.1) is 0 Å². The summed E-state index contributed by atoms with van der Waals surface area (Å²) in [5.74, 6) is 0.390. The van der Waals surface area contributed by atoms with E-state index in [0.717, 1.165) is 25.7 Å². The van der Waals surface area contributed by atoms with Crippen molar-refractivity contribution in [3.8, 4) is 11.5 Å². The number of ether oxygens (including phenoxy) is 2. The molecule has 2 aromatic carbocycles. The number of nitrogens with one attached hydrogen (secondary N) is 1. The van der Waals surface area contributed by atoms with Gasteiger partial charge in [-0.1, -0.05) is 6.42 Å². The number of nitrogens with two attached hydrogens (primary N) is 1. The average Bonchev–Trinajstić information content (AvgIpc) is 2.98. The Balaban J connectivity index is 1.48. The molecule has 0 saturated heterocycles. The van der Waals surface area contributed by atoms with E-state index in [1.165, 1.54) is 30.7 Å². The molecule has 27 heavy (non-hydrogen) atoms. The number of hydrogen-bond acceptors (Lipinski definition) is 5. The van der Waals surface area contributed by atoms with Gasteiger partial charge < -0.3 is 14.8 Å². The van der Waals surface area contributed by atoms with E-state index in [1.54, 1.807) is 18.2 Å². The highest BCUT2D eigenvalue weighted by Gasteiger charge is 2.42. The summed E-state index contributed by atoms with van der Waals surface area (Å²) in [7, 11) is -3.79. The highest BCUT2D eigenvalue weighted by molar-refractivity contribution is 7.89. The molecule has 1 amide bonds. The van der Waals surface area contributed by atoms with Gasteiger partial charge in [-0.2, -0.15) is 0 Å². The Morgan fingerprint density at radius 2 is 1.63 bits per heavy atom. The molecule has 4 rings (SSSR count). The number of primary sulfonamides is 1. The van der Waals surface area contributed by atoms with Gasteiger partial charge in [0.15, 0.2) is 11.5 Å². The van der Waals surface area contributed by atoms with Crippen molar-refractivity contribution in [3.63, 3.8) is 0 Å². The standard InChI is InChI=1S/C19H20N2O5S/c20-27(23,24)15-7-4-13(5-8-15)18(22)21-14-6-9-16-17(12-14)26-19(25-16)10-2-1-3-11-19/h4-9,12H,1-3,10-11H2,(H,21,22)(H2,20,23,24). The molecular formula is C19H20N2O5S. The number of sulfonamides is 1. The zero-order chi connectivity index (χ0) is 19.1. The molecule has 1 aliphatic carbocycles. The molecule has 1 heterocycles.